The Kier molecular flexibility index (Phi) is 4.90. The lowest BCUT2D eigenvalue weighted by Crippen LogP contribution is -2.43. The molecule has 4 N–H and O–H groups in total. The maximum absolute atomic E-state index is 12.1. The van der Waals surface area contributed by atoms with Crippen LogP contribution in [0.1, 0.15) is 24.2 Å². The van der Waals surface area contributed by atoms with E-state index in [1.165, 1.54) is 0 Å². The third-order valence-electron chi connectivity index (χ3n) is 3.22. The van der Waals surface area contributed by atoms with Crippen molar-refractivity contribution in [3.05, 3.63) is 59.9 Å². The standard InChI is InChI=1S/C16H19N3O2/c1-11(15-4-2-3-9-18-15)19-16(21)14(17)10-12-5-7-13(20)8-6-12/h2-9,11,14,20H,10,17H2,1H3,(H,19,21)/t11-,14?/m0/s1. The van der Waals surface area contributed by atoms with E-state index in [0.29, 0.717) is 6.42 Å². The van der Waals surface area contributed by atoms with Crippen molar-refractivity contribution in [2.75, 3.05) is 0 Å². The molecule has 0 aliphatic carbocycles. The molecule has 1 unspecified atom stereocenters. The van der Waals surface area contributed by atoms with E-state index in [-0.39, 0.29) is 17.7 Å². The number of carbonyl (C=O) groups is 1. The van der Waals surface area contributed by atoms with Crippen molar-refractivity contribution in [3.8, 4) is 5.75 Å². The van der Waals surface area contributed by atoms with Crippen LogP contribution in [0.5, 0.6) is 5.75 Å². The second-order valence-electron chi connectivity index (χ2n) is 4.96. The Bertz CT molecular complexity index is 584. The Balaban J connectivity index is 1.92. The zero-order valence-corrected chi connectivity index (χ0v) is 11.9. The van der Waals surface area contributed by atoms with Crippen LogP contribution in [0.15, 0.2) is 48.7 Å². The van der Waals surface area contributed by atoms with Crippen molar-refractivity contribution in [1.29, 1.82) is 0 Å². The SMILES string of the molecule is C[C@H](NC(=O)C(N)Cc1ccc(O)cc1)c1ccccn1. The molecule has 2 atom stereocenters. The Morgan fingerprint density at radius 3 is 2.62 bits per heavy atom. The fourth-order valence-corrected chi connectivity index (χ4v) is 2.01. The van der Waals surface area contributed by atoms with Crippen molar-refractivity contribution in [2.24, 2.45) is 5.73 Å². The molecule has 1 aromatic heterocycles. The van der Waals surface area contributed by atoms with Crippen molar-refractivity contribution < 1.29 is 9.90 Å². The summed E-state index contributed by atoms with van der Waals surface area (Å²) in [6.07, 6.45) is 2.11. The second kappa shape index (κ2) is 6.85. The Hall–Kier alpha value is -2.40. The fraction of sp³-hybridized carbons (Fsp3) is 0.250. The number of pyridine rings is 1. The van der Waals surface area contributed by atoms with Crippen LogP contribution in [-0.2, 0) is 11.2 Å². The highest BCUT2D eigenvalue weighted by Gasteiger charge is 2.17. The van der Waals surface area contributed by atoms with E-state index in [1.54, 1.807) is 30.5 Å². The zero-order chi connectivity index (χ0) is 15.2. The number of nitrogens with two attached hydrogens (primary N) is 1. The molecule has 2 rings (SSSR count). The monoisotopic (exact) mass is 285 g/mol. The summed E-state index contributed by atoms with van der Waals surface area (Å²) in [6, 6.07) is 11.4. The van der Waals surface area contributed by atoms with Gasteiger partial charge in [0.2, 0.25) is 5.91 Å². The predicted molar refractivity (Wildman–Crippen MR) is 80.6 cm³/mol. The minimum Gasteiger partial charge on any atom is -0.508 e. The van der Waals surface area contributed by atoms with Gasteiger partial charge in [-0.25, -0.2) is 0 Å². The fourth-order valence-electron chi connectivity index (χ4n) is 2.01. The van der Waals surface area contributed by atoms with Gasteiger partial charge in [-0.15, -0.1) is 0 Å². The lowest BCUT2D eigenvalue weighted by molar-refractivity contribution is -0.123. The van der Waals surface area contributed by atoms with Crippen LogP contribution in [0.2, 0.25) is 0 Å². The third-order valence-corrected chi connectivity index (χ3v) is 3.22. The summed E-state index contributed by atoms with van der Waals surface area (Å²) in [6.45, 7) is 1.87. The Morgan fingerprint density at radius 2 is 2.00 bits per heavy atom. The van der Waals surface area contributed by atoms with Crippen LogP contribution in [0.25, 0.3) is 0 Å². The molecule has 0 radical (unpaired) electrons. The van der Waals surface area contributed by atoms with Gasteiger partial charge in [0.15, 0.2) is 0 Å². The van der Waals surface area contributed by atoms with E-state index in [9.17, 15) is 9.90 Å². The molecule has 2 aromatic rings. The molecule has 1 aromatic carbocycles. The number of phenolic OH excluding ortho intramolecular Hbond substituents is 1. The molecule has 5 heteroatoms. The minimum atomic E-state index is -0.638. The molecular weight excluding hydrogens is 266 g/mol. The quantitative estimate of drug-likeness (QED) is 0.777. The number of aromatic hydroxyl groups is 1. The first-order valence-corrected chi connectivity index (χ1v) is 6.81. The average molecular weight is 285 g/mol. The Morgan fingerprint density at radius 1 is 1.29 bits per heavy atom. The number of nitrogens with one attached hydrogen (secondary N) is 1. The van der Waals surface area contributed by atoms with Crippen LogP contribution >= 0.6 is 0 Å². The first kappa shape index (κ1) is 15.0. The molecule has 0 spiro atoms. The smallest absolute Gasteiger partial charge is 0.237 e. The number of hydrogen-bond donors (Lipinski definition) is 3. The summed E-state index contributed by atoms with van der Waals surface area (Å²) in [4.78, 5) is 16.3. The zero-order valence-electron chi connectivity index (χ0n) is 11.9. The van der Waals surface area contributed by atoms with Gasteiger partial charge in [0.05, 0.1) is 17.8 Å². The number of rotatable bonds is 5. The summed E-state index contributed by atoms with van der Waals surface area (Å²) >= 11 is 0. The van der Waals surface area contributed by atoms with Gasteiger partial charge in [0, 0.05) is 6.20 Å². The molecule has 1 heterocycles. The van der Waals surface area contributed by atoms with Gasteiger partial charge in [-0.1, -0.05) is 18.2 Å². The average Bonchev–Trinajstić information content (AvgIpc) is 2.50. The molecule has 0 bridgehead atoms. The number of phenols is 1. The van der Waals surface area contributed by atoms with E-state index in [4.69, 9.17) is 5.73 Å². The first-order chi connectivity index (χ1) is 10.1. The highest BCUT2D eigenvalue weighted by Crippen LogP contribution is 2.12. The number of hydrogen-bond acceptors (Lipinski definition) is 4. The van der Waals surface area contributed by atoms with E-state index in [2.05, 4.69) is 10.3 Å². The van der Waals surface area contributed by atoms with Gasteiger partial charge >= 0.3 is 0 Å². The van der Waals surface area contributed by atoms with Crippen molar-refractivity contribution >= 4 is 5.91 Å². The topological polar surface area (TPSA) is 88.2 Å². The molecule has 0 aliphatic rings. The van der Waals surface area contributed by atoms with Gasteiger partial charge in [0.1, 0.15) is 5.75 Å². The third kappa shape index (κ3) is 4.29. The van der Waals surface area contributed by atoms with Crippen LogP contribution in [0.4, 0.5) is 0 Å². The van der Waals surface area contributed by atoms with Gasteiger partial charge in [-0.3, -0.25) is 9.78 Å². The lowest BCUT2D eigenvalue weighted by Gasteiger charge is -2.17. The molecule has 21 heavy (non-hydrogen) atoms. The van der Waals surface area contributed by atoms with Crippen LogP contribution in [0.3, 0.4) is 0 Å². The number of carbonyl (C=O) groups excluding carboxylic acids is 1. The van der Waals surface area contributed by atoms with Crippen molar-refractivity contribution in [1.82, 2.24) is 10.3 Å². The van der Waals surface area contributed by atoms with E-state index >= 15 is 0 Å². The minimum absolute atomic E-state index is 0.190. The summed E-state index contributed by atoms with van der Waals surface area (Å²) in [5, 5.41) is 12.1. The summed E-state index contributed by atoms with van der Waals surface area (Å²) in [5.74, 6) is -0.0261. The van der Waals surface area contributed by atoms with Crippen LogP contribution in [0, 0.1) is 0 Å². The number of amides is 1. The molecular formula is C16H19N3O2. The van der Waals surface area contributed by atoms with Crippen molar-refractivity contribution in [3.63, 3.8) is 0 Å². The van der Waals surface area contributed by atoms with Gasteiger partial charge in [-0.2, -0.15) is 0 Å². The van der Waals surface area contributed by atoms with Crippen molar-refractivity contribution in [2.45, 2.75) is 25.4 Å². The predicted octanol–water partition coefficient (Wildman–Crippen LogP) is 1.53. The summed E-state index contributed by atoms with van der Waals surface area (Å²) in [7, 11) is 0. The van der Waals surface area contributed by atoms with E-state index < -0.39 is 6.04 Å². The number of nitrogens with zero attached hydrogens (tertiary/aromatic N) is 1. The molecule has 0 fully saturated rings. The summed E-state index contributed by atoms with van der Waals surface area (Å²) in [5.41, 5.74) is 7.62. The largest absolute Gasteiger partial charge is 0.508 e. The van der Waals surface area contributed by atoms with Crippen LogP contribution < -0.4 is 11.1 Å². The van der Waals surface area contributed by atoms with Gasteiger partial charge in [0.25, 0.3) is 0 Å². The second-order valence-corrected chi connectivity index (χ2v) is 4.96. The number of benzene rings is 1. The Labute approximate surface area is 123 Å². The molecule has 0 saturated heterocycles. The van der Waals surface area contributed by atoms with Gasteiger partial charge in [-0.05, 0) is 43.2 Å². The van der Waals surface area contributed by atoms with Crippen LogP contribution in [-0.4, -0.2) is 22.0 Å². The van der Waals surface area contributed by atoms with E-state index in [0.717, 1.165) is 11.3 Å². The molecule has 0 aliphatic heterocycles. The highest BCUT2D eigenvalue weighted by atomic mass is 16.3. The van der Waals surface area contributed by atoms with E-state index in [1.807, 2.05) is 25.1 Å². The summed E-state index contributed by atoms with van der Waals surface area (Å²) < 4.78 is 0. The number of aromatic nitrogens is 1. The lowest BCUT2D eigenvalue weighted by atomic mass is 10.1. The maximum Gasteiger partial charge on any atom is 0.237 e. The molecule has 110 valence electrons. The molecule has 0 saturated carbocycles. The maximum atomic E-state index is 12.1. The molecule has 5 nitrogen and oxygen atoms in total. The van der Waals surface area contributed by atoms with Gasteiger partial charge < -0.3 is 16.2 Å². The normalized spacial score (nSPS) is 13.4. The highest BCUT2D eigenvalue weighted by molar-refractivity contribution is 5.82. The first-order valence-electron chi connectivity index (χ1n) is 6.81. The molecule has 1 amide bonds.